The summed E-state index contributed by atoms with van der Waals surface area (Å²) in [5.41, 5.74) is 2.54. The number of ether oxygens (including phenoxy) is 3. The maximum Gasteiger partial charge on any atom is 0.119 e. The lowest BCUT2D eigenvalue weighted by atomic mass is 9.87. The molecule has 1 N–H and O–H groups in total. The van der Waals surface area contributed by atoms with Crippen molar-refractivity contribution in [3.8, 4) is 11.5 Å². The van der Waals surface area contributed by atoms with Gasteiger partial charge in [-0.3, -0.25) is 0 Å². The van der Waals surface area contributed by atoms with Gasteiger partial charge in [0.2, 0.25) is 0 Å². The molecule has 0 saturated carbocycles. The van der Waals surface area contributed by atoms with Crippen molar-refractivity contribution in [2.75, 3.05) is 26.3 Å². The second-order valence-corrected chi connectivity index (χ2v) is 9.42. The monoisotopic (exact) mass is 481 g/mol. The summed E-state index contributed by atoms with van der Waals surface area (Å²) in [6, 6.07) is 33.6. The molecule has 0 radical (unpaired) electrons. The van der Waals surface area contributed by atoms with Crippen molar-refractivity contribution in [2.24, 2.45) is 0 Å². The Morgan fingerprint density at radius 3 is 2.17 bits per heavy atom. The zero-order valence-corrected chi connectivity index (χ0v) is 20.8. The van der Waals surface area contributed by atoms with Crippen LogP contribution in [0.15, 0.2) is 97.1 Å². The maximum atomic E-state index is 6.44. The number of piperidine rings is 1. The topological polar surface area (TPSA) is 39.7 Å². The minimum Gasteiger partial charge on any atom is -0.494 e. The van der Waals surface area contributed by atoms with Crippen molar-refractivity contribution in [1.29, 1.82) is 0 Å². The summed E-state index contributed by atoms with van der Waals surface area (Å²) >= 11 is 0. The van der Waals surface area contributed by atoms with E-state index in [1.807, 2.05) is 30.3 Å². The Hall–Kier alpha value is -3.34. The number of hydrogen-bond donors (Lipinski definition) is 1. The largest absolute Gasteiger partial charge is 0.494 e. The van der Waals surface area contributed by atoms with Crippen LogP contribution in [0.1, 0.15) is 36.3 Å². The minimum absolute atomic E-state index is 0.154. The number of benzene rings is 4. The predicted molar refractivity (Wildman–Crippen MR) is 146 cm³/mol. The molecular formula is C32H35NO3. The van der Waals surface area contributed by atoms with Crippen LogP contribution in [0.5, 0.6) is 11.5 Å². The number of hydrogen-bond acceptors (Lipinski definition) is 4. The number of para-hydroxylation sites is 1. The van der Waals surface area contributed by atoms with E-state index in [2.05, 4.69) is 72.0 Å². The van der Waals surface area contributed by atoms with E-state index in [1.54, 1.807) is 0 Å². The Morgan fingerprint density at radius 1 is 0.694 bits per heavy atom. The van der Waals surface area contributed by atoms with Gasteiger partial charge in [0.15, 0.2) is 0 Å². The Bertz CT molecular complexity index is 1210. The van der Waals surface area contributed by atoms with Gasteiger partial charge in [-0.05, 0) is 78.0 Å². The molecule has 0 aromatic heterocycles. The van der Waals surface area contributed by atoms with Crippen LogP contribution in [0.4, 0.5) is 0 Å². The lowest BCUT2D eigenvalue weighted by Crippen LogP contribution is -2.40. The van der Waals surface area contributed by atoms with Crippen LogP contribution in [0.2, 0.25) is 0 Å². The van der Waals surface area contributed by atoms with E-state index in [0.717, 1.165) is 43.9 Å². The highest BCUT2D eigenvalue weighted by Gasteiger charge is 2.27. The lowest BCUT2D eigenvalue weighted by Gasteiger charge is -2.32. The number of nitrogens with one attached hydrogen (secondary N) is 1. The maximum absolute atomic E-state index is 6.44. The summed E-state index contributed by atoms with van der Waals surface area (Å²) in [5, 5.41) is 6.03. The molecule has 4 nitrogen and oxygen atoms in total. The van der Waals surface area contributed by atoms with Crippen LogP contribution in [0.3, 0.4) is 0 Å². The van der Waals surface area contributed by atoms with Crippen molar-refractivity contribution >= 4 is 10.8 Å². The Labute approximate surface area is 214 Å². The number of rotatable bonds is 11. The highest BCUT2D eigenvalue weighted by Crippen LogP contribution is 2.30. The van der Waals surface area contributed by atoms with Crippen molar-refractivity contribution in [2.45, 2.75) is 37.9 Å². The summed E-state index contributed by atoms with van der Waals surface area (Å²) in [6.07, 6.45) is 3.16. The molecular weight excluding hydrogens is 446 g/mol. The predicted octanol–water partition coefficient (Wildman–Crippen LogP) is 6.74. The first-order chi connectivity index (χ1) is 17.8. The molecule has 0 spiro atoms. The first kappa shape index (κ1) is 24.4. The smallest absolute Gasteiger partial charge is 0.119 e. The highest BCUT2D eigenvalue weighted by atomic mass is 16.5. The first-order valence-electron chi connectivity index (χ1n) is 13.1. The molecule has 4 aromatic carbocycles. The van der Waals surface area contributed by atoms with E-state index in [0.29, 0.717) is 25.7 Å². The summed E-state index contributed by atoms with van der Waals surface area (Å²) in [7, 11) is 0. The molecule has 0 unspecified atom stereocenters. The molecule has 1 saturated heterocycles. The van der Waals surface area contributed by atoms with Gasteiger partial charge in [0.1, 0.15) is 11.5 Å². The van der Waals surface area contributed by atoms with Gasteiger partial charge < -0.3 is 19.5 Å². The molecule has 5 rings (SSSR count). The SMILES string of the molecule is c1ccc(OCCCCOc2ccc([C@H]3CCNC[C@@H]3OCc3ccc4ccccc4c3)cc2)cc1. The lowest BCUT2D eigenvalue weighted by molar-refractivity contribution is 0.0106. The van der Waals surface area contributed by atoms with Crippen LogP contribution in [-0.4, -0.2) is 32.4 Å². The van der Waals surface area contributed by atoms with Crippen molar-refractivity contribution in [3.63, 3.8) is 0 Å². The third kappa shape index (κ3) is 6.66. The molecule has 4 heteroatoms. The van der Waals surface area contributed by atoms with Crippen LogP contribution in [0, 0.1) is 0 Å². The first-order valence-corrected chi connectivity index (χ1v) is 13.1. The van der Waals surface area contributed by atoms with Crippen LogP contribution in [0.25, 0.3) is 10.8 Å². The number of fused-ring (bicyclic) bond motifs is 1. The van der Waals surface area contributed by atoms with E-state index in [9.17, 15) is 0 Å². The summed E-state index contributed by atoms with van der Waals surface area (Å²) < 4.78 is 18.2. The normalized spacial score (nSPS) is 17.7. The van der Waals surface area contributed by atoms with Gasteiger partial charge in [-0.2, -0.15) is 0 Å². The molecule has 1 aliphatic rings. The standard InChI is InChI=1S/C32H35NO3/c1-2-10-29(11-3-1)34-20-6-7-21-35-30-16-14-27(15-17-30)31-18-19-33-23-32(31)36-24-25-12-13-26-8-4-5-9-28(26)22-25/h1-5,8-17,22,31-33H,6-7,18-21,23-24H2/t31-,32+/m1/s1. The minimum atomic E-state index is 0.154. The third-order valence-electron chi connectivity index (χ3n) is 6.83. The highest BCUT2D eigenvalue weighted by molar-refractivity contribution is 5.82. The molecule has 0 bridgehead atoms. The van der Waals surface area contributed by atoms with Gasteiger partial charge in [0, 0.05) is 12.5 Å². The van der Waals surface area contributed by atoms with Crippen molar-refractivity contribution in [3.05, 3.63) is 108 Å². The van der Waals surface area contributed by atoms with E-state index >= 15 is 0 Å². The zero-order valence-electron chi connectivity index (χ0n) is 20.8. The molecule has 36 heavy (non-hydrogen) atoms. The molecule has 1 aliphatic heterocycles. The average molecular weight is 482 g/mol. The van der Waals surface area contributed by atoms with Gasteiger partial charge in [0.25, 0.3) is 0 Å². The average Bonchev–Trinajstić information content (AvgIpc) is 2.95. The van der Waals surface area contributed by atoms with Crippen molar-refractivity contribution in [1.82, 2.24) is 5.32 Å². The molecule has 1 fully saturated rings. The van der Waals surface area contributed by atoms with Crippen molar-refractivity contribution < 1.29 is 14.2 Å². The van der Waals surface area contributed by atoms with Gasteiger partial charge in [-0.1, -0.05) is 66.7 Å². The van der Waals surface area contributed by atoms with E-state index < -0.39 is 0 Å². The fraction of sp³-hybridized carbons (Fsp3) is 0.312. The molecule has 186 valence electrons. The van der Waals surface area contributed by atoms with Crippen LogP contribution in [-0.2, 0) is 11.3 Å². The molecule has 4 aromatic rings. The number of unbranched alkanes of at least 4 members (excludes halogenated alkanes) is 1. The van der Waals surface area contributed by atoms with E-state index in [4.69, 9.17) is 14.2 Å². The quantitative estimate of drug-likeness (QED) is 0.241. The second-order valence-electron chi connectivity index (χ2n) is 9.42. The summed E-state index contributed by atoms with van der Waals surface area (Å²) in [4.78, 5) is 0. The van der Waals surface area contributed by atoms with E-state index in [-0.39, 0.29) is 6.10 Å². The Kier molecular flexibility index (Phi) is 8.50. The van der Waals surface area contributed by atoms with Gasteiger partial charge in [-0.25, -0.2) is 0 Å². The molecule has 0 aliphatic carbocycles. The second kappa shape index (κ2) is 12.6. The third-order valence-corrected chi connectivity index (χ3v) is 6.83. The molecule has 1 heterocycles. The van der Waals surface area contributed by atoms with E-state index in [1.165, 1.54) is 21.9 Å². The fourth-order valence-electron chi connectivity index (χ4n) is 4.83. The summed E-state index contributed by atoms with van der Waals surface area (Å²) in [6.45, 7) is 3.93. The fourth-order valence-corrected chi connectivity index (χ4v) is 4.83. The van der Waals surface area contributed by atoms with Crippen LogP contribution >= 0.6 is 0 Å². The molecule has 0 amide bonds. The zero-order chi connectivity index (χ0) is 24.4. The van der Waals surface area contributed by atoms with Gasteiger partial charge in [-0.15, -0.1) is 0 Å². The Morgan fingerprint density at radius 2 is 1.39 bits per heavy atom. The summed E-state index contributed by atoms with van der Waals surface area (Å²) in [5.74, 6) is 2.23. The van der Waals surface area contributed by atoms with Crippen LogP contribution < -0.4 is 14.8 Å². The van der Waals surface area contributed by atoms with Gasteiger partial charge >= 0.3 is 0 Å². The Balaban J connectivity index is 1.09. The molecule has 2 atom stereocenters. The van der Waals surface area contributed by atoms with Gasteiger partial charge in [0.05, 0.1) is 25.9 Å².